The fourth-order valence-electron chi connectivity index (χ4n) is 3.52. The van der Waals surface area contributed by atoms with Crippen molar-refractivity contribution in [2.45, 2.75) is 57.4 Å². The highest BCUT2D eigenvalue weighted by molar-refractivity contribution is 5.82. The van der Waals surface area contributed by atoms with Gasteiger partial charge in [-0.15, -0.1) is 0 Å². The van der Waals surface area contributed by atoms with E-state index in [0.717, 1.165) is 32.1 Å². The van der Waals surface area contributed by atoms with Crippen molar-refractivity contribution in [3.05, 3.63) is 0 Å². The molecule has 0 aromatic heterocycles. The second kappa shape index (κ2) is 3.78. The molecule has 0 bridgehead atoms. The summed E-state index contributed by atoms with van der Waals surface area (Å²) in [6.07, 6.45) is 7.67. The average Bonchev–Trinajstić information content (AvgIpc) is 2.79. The molecule has 2 fully saturated rings. The Hall–Kier alpha value is -0.570. The lowest BCUT2D eigenvalue weighted by Crippen LogP contribution is -2.57. The van der Waals surface area contributed by atoms with Gasteiger partial charge in [0.15, 0.2) is 0 Å². The molecule has 86 valence electrons. The number of esters is 1. The van der Waals surface area contributed by atoms with Crippen LogP contribution in [0.4, 0.5) is 0 Å². The fraction of sp³-hybridized carbons (Fsp3) is 0.917. The molecule has 0 aromatic carbocycles. The maximum absolute atomic E-state index is 12.0. The van der Waals surface area contributed by atoms with Crippen molar-refractivity contribution in [1.82, 2.24) is 0 Å². The zero-order chi connectivity index (χ0) is 10.9. The summed E-state index contributed by atoms with van der Waals surface area (Å²) in [5.41, 5.74) is 5.74. The molecule has 1 atom stereocenters. The van der Waals surface area contributed by atoms with Gasteiger partial charge < -0.3 is 10.5 Å². The molecule has 0 amide bonds. The summed E-state index contributed by atoms with van der Waals surface area (Å²) >= 11 is 0. The zero-order valence-electron chi connectivity index (χ0n) is 9.55. The second-order valence-corrected chi connectivity index (χ2v) is 5.03. The molecule has 1 unspecified atom stereocenters. The van der Waals surface area contributed by atoms with Crippen LogP contribution in [0.5, 0.6) is 0 Å². The summed E-state index contributed by atoms with van der Waals surface area (Å²) in [4.78, 5) is 12.0. The van der Waals surface area contributed by atoms with Crippen LogP contribution in [0.2, 0.25) is 0 Å². The average molecular weight is 211 g/mol. The molecule has 2 aliphatic rings. The Morgan fingerprint density at radius 2 is 1.80 bits per heavy atom. The third-order valence-electron chi connectivity index (χ3n) is 4.37. The summed E-state index contributed by atoms with van der Waals surface area (Å²) in [6.45, 7) is 2.28. The highest BCUT2D eigenvalue weighted by Crippen LogP contribution is 2.55. The lowest BCUT2D eigenvalue weighted by atomic mass is 9.71. The number of nitrogens with two attached hydrogens (primary N) is 1. The molecule has 0 aromatic rings. The molecule has 0 saturated heterocycles. The van der Waals surface area contributed by atoms with Crippen molar-refractivity contribution in [3.8, 4) is 0 Å². The van der Waals surface area contributed by atoms with Gasteiger partial charge in [-0.3, -0.25) is 4.79 Å². The van der Waals surface area contributed by atoms with Crippen molar-refractivity contribution in [2.75, 3.05) is 6.61 Å². The van der Waals surface area contributed by atoms with Crippen LogP contribution in [0, 0.1) is 5.41 Å². The predicted molar refractivity (Wildman–Crippen MR) is 58.3 cm³/mol. The Morgan fingerprint density at radius 3 is 2.40 bits per heavy atom. The predicted octanol–water partition coefficient (Wildman–Crippen LogP) is 1.99. The van der Waals surface area contributed by atoms with Crippen molar-refractivity contribution >= 4 is 5.97 Å². The minimum atomic E-state index is -0.681. The summed E-state index contributed by atoms with van der Waals surface area (Å²) in [6, 6.07) is 0. The Kier molecular flexibility index (Phi) is 2.75. The van der Waals surface area contributed by atoms with Gasteiger partial charge in [0.05, 0.1) is 6.61 Å². The first-order valence-corrected chi connectivity index (χ1v) is 6.11. The molecule has 2 rings (SSSR count). The van der Waals surface area contributed by atoms with Crippen LogP contribution in [0.3, 0.4) is 0 Å². The van der Waals surface area contributed by atoms with Crippen molar-refractivity contribution in [3.63, 3.8) is 0 Å². The van der Waals surface area contributed by atoms with Crippen LogP contribution in [-0.4, -0.2) is 18.1 Å². The summed E-state index contributed by atoms with van der Waals surface area (Å²) in [7, 11) is 0. The molecule has 0 radical (unpaired) electrons. The van der Waals surface area contributed by atoms with E-state index in [9.17, 15) is 4.79 Å². The Balaban J connectivity index is 2.21. The number of carbonyl (C=O) groups excluding carboxylic acids is 1. The second-order valence-electron chi connectivity index (χ2n) is 5.03. The monoisotopic (exact) mass is 211 g/mol. The van der Waals surface area contributed by atoms with Crippen molar-refractivity contribution < 1.29 is 9.53 Å². The van der Waals surface area contributed by atoms with E-state index in [1.54, 1.807) is 0 Å². The maximum Gasteiger partial charge on any atom is 0.326 e. The molecule has 2 saturated carbocycles. The smallest absolute Gasteiger partial charge is 0.326 e. The van der Waals surface area contributed by atoms with Gasteiger partial charge in [-0.2, -0.15) is 0 Å². The molecule has 1 spiro atoms. The van der Waals surface area contributed by atoms with E-state index in [1.165, 1.54) is 12.8 Å². The third-order valence-corrected chi connectivity index (χ3v) is 4.37. The van der Waals surface area contributed by atoms with Gasteiger partial charge in [-0.25, -0.2) is 0 Å². The van der Waals surface area contributed by atoms with Gasteiger partial charge >= 0.3 is 5.97 Å². The standard InChI is InChI=1S/C12H21NO2/c1-2-15-10(14)12(13)9-5-8-11(12)6-3-4-7-11/h2-9,13H2,1H3. The van der Waals surface area contributed by atoms with E-state index in [1.807, 2.05) is 6.92 Å². The van der Waals surface area contributed by atoms with Gasteiger partial charge in [0, 0.05) is 0 Å². The SMILES string of the molecule is CCOC(=O)C1(N)CCCC12CCCC2. The van der Waals surface area contributed by atoms with Gasteiger partial charge in [0.1, 0.15) is 5.54 Å². The van der Waals surface area contributed by atoms with E-state index < -0.39 is 5.54 Å². The number of hydrogen-bond acceptors (Lipinski definition) is 3. The first-order chi connectivity index (χ1) is 7.15. The van der Waals surface area contributed by atoms with E-state index in [2.05, 4.69) is 0 Å². The molecular weight excluding hydrogens is 190 g/mol. The van der Waals surface area contributed by atoms with E-state index in [-0.39, 0.29) is 11.4 Å². The number of carbonyl (C=O) groups is 1. The van der Waals surface area contributed by atoms with Crippen LogP contribution in [0.1, 0.15) is 51.9 Å². The molecule has 3 nitrogen and oxygen atoms in total. The van der Waals surface area contributed by atoms with E-state index >= 15 is 0 Å². The van der Waals surface area contributed by atoms with Crippen LogP contribution in [0.25, 0.3) is 0 Å². The van der Waals surface area contributed by atoms with Crippen LogP contribution in [0.15, 0.2) is 0 Å². The van der Waals surface area contributed by atoms with Crippen LogP contribution >= 0.6 is 0 Å². The maximum atomic E-state index is 12.0. The quantitative estimate of drug-likeness (QED) is 0.711. The number of ether oxygens (including phenoxy) is 1. The molecule has 0 aliphatic heterocycles. The van der Waals surface area contributed by atoms with Gasteiger partial charge in [0.25, 0.3) is 0 Å². The van der Waals surface area contributed by atoms with Gasteiger partial charge in [-0.1, -0.05) is 19.3 Å². The third kappa shape index (κ3) is 1.48. The van der Waals surface area contributed by atoms with Gasteiger partial charge in [0.2, 0.25) is 0 Å². The van der Waals surface area contributed by atoms with Crippen LogP contribution in [-0.2, 0) is 9.53 Å². The highest BCUT2D eigenvalue weighted by Gasteiger charge is 2.58. The minimum absolute atomic E-state index is 0.0687. The van der Waals surface area contributed by atoms with Crippen LogP contribution < -0.4 is 5.73 Å². The number of hydrogen-bond donors (Lipinski definition) is 1. The molecule has 3 heteroatoms. The molecule has 15 heavy (non-hydrogen) atoms. The summed E-state index contributed by atoms with van der Waals surface area (Å²) < 4.78 is 5.15. The van der Waals surface area contributed by atoms with E-state index in [4.69, 9.17) is 10.5 Å². The van der Waals surface area contributed by atoms with Gasteiger partial charge in [-0.05, 0) is 38.0 Å². The molecule has 0 heterocycles. The fourth-order valence-corrected chi connectivity index (χ4v) is 3.52. The molecule has 2 N–H and O–H groups in total. The summed E-state index contributed by atoms with van der Waals surface area (Å²) in [5.74, 6) is -0.163. The zero-order valence-corrected chi connectivity index (χ0v) is 9.55. The number of rotatable bonds is 2. The Morgan fingerprint density at radius 1 is 1.20 bits per heavy atom. The minimum Gasteiger partial charge on any atom is -0.465 e. The lowest BCUT2D eigenvalue weighted by molar-refractivity contribution is -0.154. The topological polar surface area (TPSA) is 52.3 Å². The highest BCUT2D eigenvalue weighted by atomic mass is 16.5. The molecular formula is C12H21NO2. The lowest BCUT2D eigenvalue weighted by Gasteiger charge is -2.38. The van der Waals surface area contributed by atoms with Crippen molar-refractivity contribution in [2.24, 2.45) is 11.1 Å². The largest absolute Gasteiger partial charge is 0.465 e. The summed E-state index contributed by atoms with van der Waals surface area (Å²) in [5, 5.41) is 0. The van der Waals surface area contributed by atoms with Crippen molar-refractivity contribution in [1.29, 1.82) is 0 Å². The Bertz CT molecular complexity index is 253. The van der Waals surface area contributed by atoms with E-state index in [0.29, 0.717) is 6.61 Å². The first-order valence-electron chi connectivity index (χ1n) is 6.11. The Labute approximate surface area is 91.4 Å². The first kappa shape index (κ1) is 10.9. The molecule has 2 aliphatic carbocycles. The normalized spacial score (nSPS) is 33.5.